The number of carbonyl (C=O) groups is 2. The number of carbonyl (C=O) groups excluding carboxylic acids is 2. The smallest absolute Gasteiger partial charge is 0.307 e. The Labute approximate surface area is 112 Å². The molecule has 0 saturated carbocycles. The Balaban J connectivity index is 2.49. The summed E-state index contributed by atoms with van der Waals surface area (Å²) in [6.45, 7) is 0.311. The normalized spacial score (nSPS) is 10.4. The van der Waals surface area contributed by atoms with Crippen molar-refractivity contribution in [3.05, 3.63) is 35.9 Å². The molecule has 0 radical (unpaired) electrons. The lowest BCUT2D eigenvalue weighted by Crippen LogP contribution is -2.27. The molecule has 0 heterocycles. The molecule has 0 fully saturated rings. The molecular formula is C14H17NO4. The van der Waals surface area contributed by atoms with E-state index in [0.717, 1.165) is 5.56 Å². The fourth-order valence-electron chi connectivity index (χ4n) is 1.35. The zero-order valence-electron chi connectivity index (χ0n) is 11.0. The van der Waals surface area contributed by atoms with E-state index in [1.54, 1.807) is 37.4 Å². The highest BCUT2D eigenvalue weighted by Gasteiger charge is 2.07. The minimum Gasteiger partial charge on any atom is -0.508 e. The molecule has 0 atom stereocenters. The van der Waals surface area contributed by atoms with Crippen LogP contribution in [0.25, 0.3) is 6.08 Å². The predicted octanol–water partition coefficient (Wildman–Crippen LogP) is 1.43. The summed E-state index contributed by atoms with van der Waals surface area (Å²) in [7, 11) is 2.93. The summed E-state index contributed by atoms with van der Waals surface area (Å²) in [5.41, 5.74) is 0.813. The van der Waals surface area contributed by atoms with Gasteiger partial charge < -0.3 is 14.7 Å². The highest BCUT2D eigenvalue weighted by atomic mass is 16.5. The van der Waals surface area contributed by atoms with Crippen LogP contribution >= 0.6 is 0 Å². The average Bonchev–Trinajstić information content (AvgIpc) is 2.43. The van der Waals surface area contributed by atoms with E-state index >= 15 is 0 Å². The molecule has 1 amide bonds. The number of esters is 1. The zero-order chi connectivity index (χ0) is 14.3. The number of aromatic hydroxyl groups is 1. The summed E-state index contributed by atoms with van der Waals surface area (Å²) in [6.07, 6.45) is 3.24. The van der Waals surface area contributed by atoms with Gasteiger partial charge in [-0.3, -0.25) is 9.59 Å². The second-order valence-electron chi connectivity index (χ2n) is 4.01. The number of hydrogen-bond donors (Lipinski definition) is 1. The van der Waals surface area contributed by atoms with Crippen molar-refractivity contribution in [1.82, 2.24) is 4.90 Å². The Morgan fingerprint density at radius 1 is 1.32 bits per heavy atom. The summed E-state index contributed by atoms with van der Waals surface area (Å²) in [5, 5.41) is 9.12. The van der Waals surface area contributed by atoms with E-state index in [1.807, 2.05) is 0 Å². The summed E-state index contributed by atoms with van der Waals surface area (Å²) in [5.74, 6) is -0.363. The van der Waals surface area contributed by atoms with Crippen LogP contribution in [0.5, 0.6) is 5.75 Å². The molecule has 0 bridgehead atoms. The molecule has 0 aromatic heterocycles. The van der Waals surface area contributed by atoms with Gasteiger partial charge in [-0.2, -0.15) is 0 Å². The molecule has 0 aliphatic rings. The van der Waals surface area contributed by atoms with Gasteiger partial charge in [-0.15, -0.1) is 0 Å². The number of likely N-dealkylation sites (N-methyl/N-ethyl adjacent to an activating group) is 1. The van der Waals surface area contributed by atoms with E-state index in [1.165, 1.54) is 18.1 Å². The van der Waals surface area contributed by atoms with Crippen LogP contribution in [0.2, 0.25) is 0 Å². The van der Waals surface area contributed by atoms with Crippen molar-refractivity contribution in [2.75, 3.05) is 20.7 Å². The first-order valence-electron chi connectivity index (χ1n) is 5.82. The Hall–Kier alpha value is -2.30. The van der Waals surface area contributed by atoms with Crippen molar-refractivity contribution in [2.45, 2.75) is 6.42 Å². The number of phenols is 1. The number of benzene rings is 1. The molecule has 0 aliphatic heterocycles. The van der Waals surface area contributed by atoms with Crippen molar-refractivity contribution in [3.63, 3.8) is 0 Å². The van der Waals surface area contributed by atoms with E-state index in [9.17, 15) is 9.59 Å². The maximum absolute atomic E-state index is 11.7. The van der Waals surface area contributed by atoms with Gasteiger partial charge in [0, 0.05) is 19.7 Å². The van der Waals surface area contributed by atoms with Crippen molar-refractivity contribution in [2.24, 2.45) is 0 Å². The van der Waals surface area contributed by atoms with Crippen molar-refractivity contribution in [3.8, 4) is 5.75 Å². The first kappa shape index (κ1) is 14.8. The van der Waals surface area contributed by atoms with Gasteiger partial charge in [0.2, 0.25) is 5.91 Å². The molecule has 19 heavy (non-hydrogen) atoms. The number of nitrogens with zero attached hydrogens (tertiary/aromatic N) is 1. The van der Waals surface area contributed by atoms with Gasteiger partial charge in [0.05, 0.1) is 13.5 Å². The molecule has 0 saturated heterocycles. The minimum atomic E-state index is -0.345. The molecule has 5 heteroatoms. The van der Waals surface area contributed by atoms with E-state index in [-0.39, 0.29) is 24.0 Å². The lowest BCUT2D eigenvalue weighted by atomic mass is 10.2. The molecule has 1 N–H and O–H groups in total. The van der Waals surface area contributed by atoms with E-state index in [0.29, 0.717) is 6.54 Å². The lowest BCUT2D eigenvalue weighted by Gasteiger charge is -2.13. The van der Waals surface area contributed by atoms with Crippen LogP contribution in [0.15, 0.2) is 30.3 Å². The number of phenolic OH excluding ortho intramolecular Hbond substituents is 1. The van der Waals surface area contributed by atoms with E-state index in [2.05, 4.69) is 4.74 Å². The highest BCUT2D eigenvalue weighted by molar-refractivity contribution is 5.91. The Morgan fingerprint density at radius 3 is 2.53 bits per heavy atom. The maximum atomic E-state index is 11.7. The van der Waals surface area contributed by atoms with Gasteiger partial charge in [0.25, 0.3) is 0 Å². The first-order chi connectivity index (χ1) is 9.02. The summed E-state index contributed by atoms with van der Waals surface area (Å²) >= 11 is 0. The molecule has 0 unspecified atom stereocenters. The molecule has 0 spiro atoms. The van der Waals surface area contributed by atoms with E-state index < -0.39 is 0 Å². The summed E-state index contributed by atoms with van der Waals surface area (Å²) in [4.78, 5) is 24.1. The second-order valence-corrected chi connectivity index (χ2v) is 4.01. The fourth-order valence-corrected chi connectivity index (χ4v) is 1.35. The number of rotatable bonds is 5. The third-order valence-electron chi connectivity index (χ3n) is 2.57. The molecular weight excluding hydrogens is 246 g/mol. The number of hydrogen-bond acceptors (Lipinski definition) is 4. The zero-order valence-corrected chi connectivity index (χ0v) is 11.0. The van der Waals surface area contributed by atoms with Gasteiger partial charge in [-0.05, 0) is 23.8 Å². The second kappa shape index (κ2) is 7.20. The standard InChI is InChI=1S/C14H17NO4/c1-15(10-9-14(18)19-2)13(17)8-5-11-3-6-12(16)7-4-11/h3-8,16H,9-10H2,1-2H3/b8-5+. The summed E-state index contributed by atoms with van der Waals surface area (Å²) in [6, 6.07) is 6.50. The quantitative estimate of drug-likeness (QED) is 0.644. The van der Waals surface area contributed by atoms with E-state index in [4.69, 9.17) is 5.11 Å². The van der Waals surface area contributed by atoms with Crippen LogP contribution in [0.1, 0.15) is 12.0 Å². The lowest BCUT2D eigenvalue weighted by molar-refractivity contribution is -0.141. The fraction of sp³-hybridized carbons (Fsp3) is 0.286. The molecule has 0 aliphatic carbocycles. The van der Waals surface area contributed by atoms with Gasteiger partial charge in [-0.25, -0.2) is 0 Å². The molecule has 1 aromatic carbocycles. The molecule has 1 rings (SSSR count). The van der Waals surface area contributed by atoms with Crippen LogP contribution in [0, 0.1) is 0 Å². The third-order valence-corrected chi connectivity index (χ3v) is 2.57. The van der Waals surface area contributed by atoms with Crippen molar-refractivity contribution in [1.29, 1.82) is 0 Å². The number of methoxy groups -OCH3 is 1. The largest absolute Gasteiger partial charge is 0.508 e. The predicted molar refractivity (Wildman–Crippen MR) is 71.4 cm³/mol. The van der Waals surface area contributed by atoms with Crippen LogP contribution in [-0.4, -0.2) is 42.6 Å². The molecule has 1 aromatic rings. The van der Waals surface area contributed by atoms with Gasteiger partial charge in [0.1, 0.15) is 5.75 Å². The van der Waals surface area contributed by atoms with Crippen molar-refractivity contribution >= 4 is 18.0 Å². The average molecular weight is 263 g/mol. The number of ether oxygens (including phenoxy) is 1. The van der Waals surface area contributed by atoms with Crippen LogP contribution in [-0.2, 0) is 14.3 Å². The monoisotopic (exact) mass is 263 g/mol. The first-order valence-corrected chi connectivity index (χ1v) is 5.82. The SMILES string of the molecule is COC(=O)CCN(C)C(=O)/C=C/c1ccc(O)cc1. The Bertz CT molecular complexity index is 465. The van der Waals surface area contributed by atoms with Gasteiger partial charge >= 0.3 is 5.97 Å². The Morgan fingerprint density at radius 2 is 1.95 bits per heavy atom. The van der Waals surface area contributed by atoms with Gasteiger partial charge in [0.15, 0.2) is 0 Å². The maximum Gasteiger partial charge on any atom is 0.307 e. The highest BCUT2D eigenvalue weighted by Crippen LogP contribution is 2.10. The van der Waals surface area contributed by atoms with Gasteiger partial charge in [-0.1, -0.05) is 12.1 Å². The van der Waals surface area contributed by atoms with Crippen LogP contribution in [0.3, 0.4) is 0 Å². The minimum absolute atomic E-state index is 0.172. The van der Waals surface area contributed by atoms with Crippen LogP contribution in [0.4, 0.5) is 0 Å². The topological polar surface area (TPSA) is 66.8 Å². The summed E-state index contributed by atoms with van der Waals surface area (Å²) < 4.78 is 4.50. The molecule has 102 valence electrons. The number of amides is 1. The molecule has 5 nitrogen and oxygen atoms in total. The Kier molecular flexibility index (Phi) is 5.60. The third kappa shape index (κ3) is 5.25. The van der Waals surface area contributed by atoms with Crippen LogP contribution < -0.4 is 0 Å². The van der Waals surface area contributed by atoms with Crippen molar-refractivity contribution < 1.29 is 19.4 Å².